The van der Waals surface area contributed by atoms with Crippen LogP contribution >= 0.6 is 0 Å². The number of fused-ring (bicyclic) bond motifs is 2. The van der Waals surface area contributed by atoms with Crippen molar-refractivity contribution in [1.29, 1.82) is 0 Å². The van der Waals surface area contributed by atoms with Crippen LogP contribution in [-0.2, 0) is 0 Å². The Hall–Kier alpha value is -1.10. The summed E-state index contributed by atoms with van der Waals surface area (Å²) in [6, 6.07) is 7.65. The van der Waals surface area contributed by atoms with Gasteiger partial charge in [-0.1, -0.05) is 17.7 Å². The van der Waals surface area contributed by atoms with Crippen molar-refractivity contribution in [1.82, 2.24) is 5.32 Å². The number of hydrogen-bond acceptors (Lipinski definition) is 4. The molecule has 1 saturated heterocycles. The second-order valence-corrected chi connectivity index (χ2v) is 5.76. The van der Waals surface area contributed by atoms with E-state index in [9.17, 15) is 0 Å². The number of phenols is 1. The van der Waals surface area contributed by atoms with Gasteiger partial charge in [-0.05, 0) is 44.4 Å². The van der Waals surface area contributed by atoms with Crippen molar-refractivity contribution in [2.45, 2.75) is 25.8 Å². The normalized spacial score (nSPS) is 26.9. The molecule has 1 aromatic carbocycles. The van der Waals surface area contributed by atoms with Crippen LogP contribution in [-0.4, -0.2) is 41.1 Å². The number of rotatable bonds is 2. The van der Waals surface area contributed by atoms with Crippen LogP contribution in [0.15, 0.2) is 24.3 Å². The van der Waals surface area contributed by atoms with Crippen LogP contribution in [0.3, 0.4) is 0 Å². The van der Waals surface area contributed by atoms with Gasteiger partial charge in [0.25, 0.3) is 0 Å². The molecule has 4 heteroatoms. The first kappa shape index (κ1) is 14.3. The third-order valence-electron chi connectivity index (χ3n) is 4.40. The average Bonchev–Trinajstić information content (AvgIpc) is 3.03. The minimum Gasteiger partial charge on any atom is -0.508 e. The monoisotopic (exact) mass is 265 g/mol. The highest BCUT2D eigenvalue weighted by Gasteiger charge is 2.50. The van der Waals surface area contributed by atoms with E-state index in [1.807, 2.05) is 19.1 Å². The van der Waals surface area contributed by atoms with E-state index in [0.29, 0.717) is 17.7 Å². The van der Waals surface area contributed by atoms with E-state index >= 15 is 0 Å². The third-order valence-corrected chi connectivity index (χ3v) is 4.40. The van der Waals surface area contributed by atoms with Gasteiger partial charge < -0.3 is 20.6 Å². The molecule has 0 aromatic heterocycles. The molecule has 0 radical (unpaired) electrons. The lowest BCUT2D eigenvalue weighted by Gasteiger charge is -2.34. The Morgan fingerprint density at radius 1 is 1.21 bits per heavy atom. The topological polar surface area (TPSA) is 72.7 Å². The standard InChI is InChI=1S/C8H15NO2.C7H8O/c10-4-8(5-11)2-7-1-6(8)3-9-7;1-6-2-4-7(8)5-3-6/h6-7,9-11H,1-5H2;2-5,8H,1H3. The third kappa shape index (κ3) is 3.08. The van der Waals surface area contributed by atoms with Crippen LogP contribution in [0.25, 0.3) is 0 Å². The predicted molar refractivity (Wildman–Crippen MR) is 74.0 cm³/mol. The molecule has 2 fully saturated rings. The summed E-state index contributed by atoms with van der Waals surface area (Å²) in [7, 11) is 0. The maximum atomic E-state index is 9.15. The number of aliphatic hydroxyl groups excluding tert-OH is 2. The molecule has 106 valence electrons. The number of phenolic OH excluding ortho intramolecular Hbond substituents is 1. The fourth-order valence-electron chi connectivity index (χ4n) is 3.08. The molecule has 19 heavy (non-hydrogen) atoms. The summed E-state index contributed by atoms with van der Waals surface area (Å²) in [6.07, 6.45) is 2.09. The zero-order chi connectivity index (χ0) is 13.9. The van der Waals surface area contributed by atoms with Crippen LogP contribution in [0.1, 0.15) is 18.4 Å². The summed E-state index contributed by atoms with van der Waals surface area (Å²) in [5.41, 5.74) is 1.01. The number of aliphatic hydroxyl groups is 2. The highest BCUT2D eigenvalue weighted by Crippen LogP contribution is 2.46. The maximum Gasteiger partial charge on any atom is 0.115 e. The Kier molecular flexibility index (Phi) is 4.45. The molecule has 0 amide bonds. The Balaban J connectivity index is 0.000000148. The molecule has 1 heterocycles. The van der Waals surface area contributed by atoms with Crippen LogP contribution in [0.2, 0.25) is 0 Å². The van der Waals surface area contributed by atoms with Gasteiger partial charge in [-0.25, -0.2) is 0 Å². The highest BCUT2D eigenvalue weighted by atomic mass is 16.3. The Bertz CT molecular complexity index is 379. The second kappa shape index (κ2) is 5.90. The lowest BCUT2D eigenvalue weighted by molar-refractivity contribution is 0.0142. The molecule has 4 N–H and O–H groups in total. The molecular weight excluding hydrogens is 242 g/mol. The van der Waals surface area contributed by atoms with Crippen molar-refractivity contribution in [3.8, 4) is 5.75 Å². The number of nitrogens with one attached hydrogen (secondary N) is 1. The summed E-state index contributed by atoms with van der Waals surface area (Å²) < 4.78 is 0. The summed E-state index contributed by atoms with van der Waals surface area (Å²) in [4.78, 5) is 0. The first-order valence-electron chi connectivity index (χ1n) is 6.80. The molecule has 4 nitrogen and oxygen atoms in total. The van der Waals surface area contributed by atoms with E-state index in [0.717, 1.165) is 19.4 Å². The van der Waals surface area contributed by atoms with Gasteiger partial charge >= 0.3 is 0 Å². The van der Waals surface area contributed by atoms with Crippen molar-refractivity contribution < 1.29 is 15.3 Å². The van der Waals surface area contributed by atoms with Gasteiger partial charge in [0, 0.05) is 11.5 Å². The Morgan fingerprint density at radius 3 is 2.16 bits per heavy atom. The molecule has 1 aliphatic carbocycles. The summed E-state index contributed by atoms with van der Waals surface area (Å²) in [6.45, 7) is 3.25. The first-order chi connectivity index (χ1) is 9.09. The van der Waals surface area contributed by atoms with Crippen molar-refractivity contribution in [2.24, 2.45) is 11.3 Å². The van der Waals surface area contributed by atoms with E-state index in [2.05, 4.69) is 5.32 Å². The highest BCUT2D eigenvalue weighted by molar-refractivity contribution is 5.24. The molecule has 2 atom stereocenters. The van der Waals surface area contributed by atoms with Gasteiger partial charge in [0.1, 0.15) is 5.75 Å². The van der Waals surface area contributed by atoms with Crippen molar-refractivity contribution in [3.63, 3.8) is 0 Å². The molecule has 0 spiro atoms. The van der Waals surface area contributed by atoms with E-state index in [1.54, 1.807) is 12.1 Å². The quantitative estimate of drug-likeness (QED) is 0.645. The molecule has 2 aliphatic rings. The van der Waals surface area contributed by atoms with Gasteiger partial charge in [0.2, 0.25) is 0 Å². The molecular formula is C15H23NO3. The maximum absolute atomic E-state index is 9.15. The fourth-order valence-corrected chi connectivity index (χ4v) is 3.08. The number of aromatic hydroxyl groups is 1. The summed E-state index contributed by atoms with van der Waals surface area (Å²) >= 11 is 0. The Labute approximate surface area is 114 Å². The molecule has 1 aromatic rings. The second-order valence-electron chi connectivity index (χ2n) is 5.76. The molecule has 1 saturated carbocycles. The number of aryl methyl sites for hydroxylation is 1. The smallest absolute Gasteiger partial charge is 0.115 e. The van der Waals surface area contributed by atoms with Gasteiger partial charge in [0.15, 0.2) is 0 Å². The fraction of sp³-hybridized carbons (Fsp3) is 0.600. The van der Waals surface area contributed by atoms with Crippen LogP contribution in [0.5, 0.6) is 5.75 Å². The SMILES string of the molecule is Cc1ccc(O)cc1.OCC1(CO)CC2CC1CN2. The number of benzene rings is 1. The molecule has 3 rings (SSSR count). The van der Waals surface area contributed by atoms with Gasteiger partial charge in [0.05, 0.1) is 13.2 Å². The van der Waals surface area contributed by atoms with E-state index in [4.69, 9.17) is 15.3 Å². The minimum absolute atomic E-state index is 0.145. The average molecular weight is 265 g/mol. The van der Waals surface area contributed by atoms with E-state index < -0.39 is 0 Å². The molecule has 1 aliphatic heterocycles. The van der Waals surface area contributed by atoms with Crippen LogP contribution in [0.4, 0.5) is 0 Å². The lowest BCUT2D eigenvalue weighted by Crippen LogP contribution is -2.43. The number of hydrogen-bond donors (Lipinski definition) is 4. The zero-order valence-corrected chi connectivity index (χ0v) is 11.3. The van der Waals surface area contributed by atoms with E-state index in [1.165, 1.54) is 5.56 Å². The van der Waals surface area contributed by atoms with Crippen molar-refractivity contribution >= 4 is 0 Å². The lowest BCUT2D eigenvalue weighted by atomic mass is 9.78. The number of piperidine rings is 1. The van der Waals surface area contributed by atoms with Crippen molar-refractivity contribution in [2.75, 3.05) is 19.8 Å². The molecule has 2 bridgehead atoms. The zero-order valence-electron chi connectivity index (χ0n) is 11.3. The van der Waals surface area contributed by atoms with Crippen LogP contribution < -0.4 is 5.32 Å². The van der Waals surface area contributed by atoms with Gasteiger partial charge in [-0.3, -0.25) is 0 Å². The summed E-state index contributed by atoms with van der Waals surface area (Å²) in [5.74, 6) is 0.832. The first-order valence-corrected chi connectivity index (χ1v) is 6.80. The largest absolute Gasteiger partial charge is 0.508 e. The van der Waals surface area contributed by atoms with Crippen LogP contribution in [0, 0.1) is 18.3 Å². The van der Waals surface area contributed by atoms with E-state index in [-0.39, 0.29) is 18.6 Å². The predicted octanol–water partition coefficient (Wildman–Crippen LogP) is 1.04. The van der Waals surface area contributed by atoms with Gasteiger partial charge in [-0.15, -0.1) is 0 Å². The Morgan fingerprint density at radius 2 is 1.84 bits per heavy atom. The van der Waals surface area contributed by atoms with Gasteiger partial charge in [-0.2, -0.15) is 0 Å². The summed E-state index contributed by atoms with van der Waals surface area (Å²) in [5, 5.41) is 30.4. The van der Waals surface area contributed by atoms with Crippen molar-refractivity contribution in [3.05, 3.63) is 29.8 Å². The minimum atomic E-state index is -0.157. The molecule has 2 unspecified atom stereocenters.